The van der Waals surface area contributed by atoms with Gasteiger partial charge in [0, 0.05) is 45.8 Å². The number of piperazine rings is 1. The molecule has 2 fully saturated rings. The van der Waals surface area contributed by atoms with Crippen LogP contribution in [0.25, 0.3) is 0 Å². The molecule has 0 atom stereocenters. The summed E-state index contributed by atoms with van der Waals surface area (Å²) in [5, 5.41) is 0. The number of hydrogen-bond acceptors (Lipinski definition) is 5. The van der Waals surface area contributed by atoms with Gasteiger partial charge in [-0.3, -0.25) is 4.90 Å². The van der Waals surface area contributed by atoms with Gasteiger partial charge >= 0.3 is 0 Å². The average molecular weight is 391 g/mol. The van der Waals surface area contributed by atoms with Crippen LogP contribution in [-0.2, 0) is 16.8 Å². The van der Waals surface area contributed by atoms with Crippen LogP contribution in [0.2, 0.25) is 0 Å². The van der Waals surface area contributed by atoms with Crippen LogP contribution in [-0.4, -0.2) is 66.2 Å². The molecule has 2 aliphatic rings. The fourth-order valence-electron chi connectivity index (χ4n) is 3.97. The highest BCUT2D eigenvalue weighted by molar-refractivity contribution is 7.86. The minimum atomic E-state index is -3.37. The molecule has 2 aromatic rings. The molecule has 0 spiro atoms. The Balaban J connectivity index is 1.30. The molecule has 8 heteroatoms. The molecule has 4 rings (SSSR count). The maximum Gasteiger partial charge on any atom is 0.282 e. The summed E-state index contributed by atoms with van der Waals surface area (Å²) in [6.45, 7) is 4.38. The van der Waals surface area contributed by atoms with Gasteiger partial charge in [0.1, 0.15) is 6.26 Å². The fourth-order valence-corrected chi connectivity index (χ4v) is 5.60. The van der Waals surface area contributed by atoms with Crippen LogP contribution in [0.15, 0.2) is 47.4 Å². The van der Waals surface area contributed by atoms with E-state index in [1.54, 1.807) is 14.9 Å². The van der Waals surface area contributed by atoms with E-state index in [9.17, 15) is 8.42 Å². The minimum absolute atomic E-state index is 0.456. The van der Waals surface area contributed by atoms with Crippen LogP contribution in [0.4, 0.5) is 0 Å². The number of nitrogens with zero attached hydrogens (tertiary/aromatic N) is 4. The highest BCUT2D eigenvalue weighted by Gasteiger charge is 2.35. The summed E-state index contributed by atoms with van der Waals surface area (Å²) in [4.78, 5) is 6.35. The third-order valence-corrected chi connectivity index (χ3v) is 7.61. The average Bonchev–Trinajstić information content (AvgIpc) is 3.22. The molecular formula is C19H26N4O3S. The first-order valence-electron chi connectivity index (χ1n) is 9.52. The van der Waals surface area contributed by atoms with Crippen molar-refractivity contribution < 1.29 is 12.8 Å². The lowest BCUT2D eigenvalue weighted by molar-refractivity contribution is 0.170. The van der Waals surface area contributed by atoms with E-state index in [0.717, 1.165) is 18.5 Å². The molecule has 0 bridgehead atoms. The van der Waals surface area contributed by atoms with Crippen molar-refractivity contribution in [2.45, 2.75) is 25.3 Å². The van der Waals surface area contributed by atoms with Crippen molar-refractivity contribution in [3.8, 4) is 0 Å². The lowest BCUT2D eigenvalue weighted by Crippen LogP contribution is -2.53. The summed E-state index contributed by atoms with van der Waals surface area (Å²) in [7, 11) is -3.37. The Morgan fingerprint density at radius 3 is 2.26 bits per heavy atom. The maximum atomic E-state index is 13.0. The van der Waals surface area contributed by atoms with Gasteiger partial charge < -0.3 is 4.42 Å². The van der Waals surface area contributed by atoms with E-state index in [4.69, 9.17) is 4.42 Å². The van der Waals surface area contributed by atoms with E-state index in [1.807, 2.05) is 6.07 Å². The summed E-state index contributed by atoms with van der Waals surface area (Å²) in [6.07, 6.45) is 4.83. The lowest BCUT2D eigenvalue weighted by Gasteiger charge is -2.38. The number of rotatable bonds is 5. The normalized spacial score (nSPS) is 21.5. The highest BCUT2D eigenvalue weighted by atomic mass is 32.2. The first-order chi connectivity index (χ1) is 13.1. The van der Waals surface area contributed by atoms with Crippen LogP contribution in [0.5, 0.6) is 0 Å². The number of oxazole rings is 1. The summed E-state index contributed by atoms with van der Waals surface area (Å²) in [5.41, 5.74) is 2.20. The van der Waals surface area contributed by atoms with Gasteiger partial charge in [-0.25, -0.2) is 4.98 Å². The van der Waals surface area contributed by atoms with Gasteiger partial charge in [0.05, 0.1) is 5.69 Å². The second-order valence-electron chi connectivity index (χ2n) is 7.25. The van der Waals surface area contributed by atoms with E-state index < -0.39 is 10.2 Å². The zero-order valence-electron chi connectivity index (χ0n) is 15.4. The molecule has 2 aliphatic heterocycles. The first-order valence-corrected chi connectivity index (χ1v) is 10.9. The summed E-state index contributed by atoms with van der Waals surface area (Å²) in [5.74, 6) is 0.456. The SMILES string of the molecule is O=S(=O)(N1CCC(c2ccccc2)CC1)N1CCN(Cc2cocn2)CC1. The van der Waals surface area contributed by atoms with E-state index in [0.29, 0.717) is 51.7 Å². The second-order valence-corrected chi connectivity index (χ2v) is 9.18. The number of aromatic nitrogens is 1. The van der Waals surface area contributed by atoms with Crippen molar-refractivity contribution in [3.63, 3.8) is 0 Å². The molecule has 146 valence electrons. The van der Waals surface area contributed by atoms with E-state index in [2.05, 4.69) is 34.1 Å². The van der Waals surface area contributed by atoms with Gasteiger partial charge in [-0.15, -0.1) is 0 Å². The third-order valence-electron chi connectivity index (χ3n) is 5.58. The van der Waals surface area contributed by atoms with Gasteiger partial charge in [0.25, 0.3) is 10.2 Å². The summed E-state index contributed by atoms with van der Waals surface area (Å²) >= 11 is 0. The summed E-state index contributed by atoms with van der Waals surface area (Å²) < 4.78 is 34.3. The standard InChI is InChI=1S/C19H26N4O3S/c24-27(25,22-8-6-18(7-9-22)17-4-2-1-3-5-17)23-12-10-21(11-13-23)14-19-15-26-16-20-19/h1-5,15-16,18H,6-14H2. The Morgan fingerprint density at radius 2 is 1.63 bits per heavy atom. The Kier molecular flexibility index (Phi) is 5.58. The monoisotopic (exact) mass is 390 g/mol. The molecule has 0 amide bonds. The second kappa shape index (κ2) is 8.10. The minimum Gasteiger partial charge on any atom is -0.451 e. The van der Waals surface area contributed by atoms with Gasteiger partial charge in [0.15, 0.2) is 6.39 Å². The molecule has 27 heavy (non-hydrogen) atoms. The van der Waals surface area contributed by atoms with E-state index in [1.165, 1.54) is 12.0 Å². The largest absolute Gasteiger partial charge is 0.451 e. The molecule has 1 aromatic heterocycles. The number of hydrogen-bond donors (Lipinski definition) is 0. The third kappa shape index (κ3) is 4.24. The quantitative estimate of drug-likeness (QED) is 0.780. The molecule has 0 saturated carbocycles. The van der Waals surface area contributed by atoms with Gasteiger partial charge in [-0.2, -0.15) is 17.0 Å². The van der Waals surface area contributed by atoms with Gasteiger partial charge in [-0.05, 0) is 24.3 Å². The van der Waals surface area contributed by atoms with Gasteiger partial charge in [0.2, 0.25) is 0 Å². The maximum absolute atomic E-state index is 13.0. The molecule has 0 radical (unpaired) electrons. The predicted octanol–water partition coefficient (Wildman–Crippen LogP) is 1.92. The van der Waals surface area contributed by atoms with Crippen LogP contribution in [0.3, 0.4) is 0 Å². The molecule has 0 aliphatic carbocycles. The van der Waals surface area contributed by atoms with Crippen molar-refractivity contribution in [1.29, 1.82) is 0 Å². The van der Waals surface area contributed by atoms with Crippen LogP contribution in [0, 0.1) is 0 Å². The molecule has 2 saturated heterocycles. The van der Waals surface area contributed by atoms with Crippen molar-refractivity contribution in [3.05, 3.63) is 54.2 Å². The smallest absolute Gasteiger partial charge is 0.282 e. The molecular weight excluding hydrogens is 364 g/mol. The fraction of sp³-hybridized carbons (Fsp3) is 0.526. The molecule has 3 heterocycles. The molecule has 0 N–H and O–H groups in total. The molecule has 0 unspecified atom stereocenters. The zero-order valence-corrected chi connectivity index (χ0v) is 16.2. The zero-order chi connectivity index (χ0) is 18.7. The van der Waals surface area contributed by atoms with Crippen LogP contribution >= 0.6 is 0 Å². The Labute approximate surface area is 160 Å². The van der Waals surface area contributed by atoms with Crippen LogP contribution in [0.1, 0.15) is 30.0 Å². The van der Waals surface area contributed by atoms with Crippen molar-refractivity contribution in [2.24, 2.45) is 0 Å². The molecule has 7 nitrogen and oxygen atoms in total. The number of benzene rings is 1. The van der Waals surface area contributed by atoms with E-state index in [-0.39, 0.29) is 0 Å². The van der Waals surface area contributed by atoms with E-state index >= 15 is 0 Å². The Hall–Kier alpha value is -1.74. The first kappa shape index (κ1) is 18.6. The van der Waals surface area contributed by atoms with Crippen molar-refractivity contribution >= 4 is 10.2 Å². The Bertz CT molecular complexity index is 810. The highest BCUT2D eigenvalue weighted by Crippen LogP contribution is 2.29. The van der Waals surface area contributed by atoms with Crippen molar-refractivity contribution in [2.75, 3.05) is 39.3 Å². The topological polar surface area (TPSA) is 69.9 Å². The van der Waals surface area contributed by atoms with Gasteiger partial charge in [-0.1, -0.05) is 30.3 Å². The predicted molar refractivity (Wildman–Crippen MR) is 102 cm³/mol. The van der Waals surface area contributed by atoms with Crippen LogP contribution < -0.4 is 0 Å². The Morgan fingerprint density at radius 1 is 0.963 bits per heavy atom. The van der Waals surface area contributed by atoms with Crippen molar-refractivity contribution in [1.82, 2.24) is 18.5 Å². The number of piperidine rings is 1. The molecule has 1 aromatic carbocycles. The summed E-state index contributed by atoms with van der Waals surface area (Å²) in [6, 6.07) is 10.4. The lowest BCUT2D eigenvalue weighted by atomic mass is 9.90.